The lowest BCUT2D eigenvalue weighted by molar-refractivity contribution is -0.121. The van der Waals surface area contributed by atoms with Crippen molar-refractivity contribution in [1.82, 2.24) is 5.32 Å². The number of hydrogen-bond donors (Lipinski definition) is 1. The van der Waals surface area contributed by atoms with Crippen LogP contribution in [0.5, 0.6) is 0 Å². The number of carbonyl (C=O) groups is 1. The van der Waals surface area contributed by atoms with E-state index in [0.717, 1.165) is 5.56 Å². The van der Waals surface area contributed by atoms with Crippen LogP contribution in [0.25, 0.3) is 0 Å². The lowest BCUT2D eigenvalue weighted by Gasteiger charge is -2.17. The standard InChI is InChI=1S/C15H23NO/c1-10(2)13(5)16-15(17)9-14-8-11(3)6-7-12(14)4/h6-8,10,13H,9H2,1-5H3,(H,16,17)/t13-/m0/s1. The molecule has 0 bridgehead atoms. The van der Waals surface area contributed by atoms with Crippen LogP contribution in [0.15, 0.2) is 18.2 Å². The third-order valence-electron chi connectivity index (χ3n) is 3.24. The third kappa shape index (κ3) is 4.22. The molecule has 0 aliphatic rings. The summed E-state index contributed by atoms with van der Waals surface area (Å²) in [5.74, 6) is 0.581. The van der Waals surface area contributed by atoms with Gasteiger partial charge in [0.1, 0.15) is 0 Å². The molecule has 94 valence electrons. The Bertz CT molecular complexity index is 396. The van der Waals surface area contributed by atoms with Crippen molar-refractivity contribution in [3.05, 3.63) is 34.9 Å². The van der Waals surface area contributed by atoms with E-state index in [1.165, 1.54) is 11.1 Å². The topological polar surface area (TPSA) is 29.1 Å². The zero-order valence-electron chi connectivity index (χ0n) is 11.5. The Balaban J connectivity index is 2.65. The van der Waals surface area contributed by atoms with Crippen molar-refractivity contribution in [2.24, 2.45) is 5.92 Å². The normalized spacial score (nSPS) is 12.6. The first-order valence-electron chi connectivity index (χ1n) is 6.25. The SMILES string of the molecule is Cc1ccc(C)c(CC(=O)N[C@@H](C)C(C)C)c1. The molecule has 2 heteroatoms. The first-order chi connectivity index (χ1) is 7.90. The maximum Gasteiger partial charge on any atom is 0.224 e. The summed E-state index contributed by atoms with van der Waals surface area (Å²) in [5.41, 5.74) is 3.51. The van der Waals surface area contributed by atoms with Gasteiger partial charge in [-0.15, -0.1) is 0 Å². The van der Waals surface area contributed by atoms with Crippen LogP contribution in [0.4, 0.5) is 0 Å². The van der Waals surface area contributed by atoms with E-state index in [1.807, 2.05) is 13.8 Å². The highest BCUT2D eigenvalue weighted by Gasteiger charge is 2.12. The van der Waals surface area contributed by atoms with Crippen LogP contribution in [-0.2, 0) is 11.2 Å². The molecule has 0 aliphatic carbocycles. The molecule has 0 aromatic heterocycles. The summed E-state index contributed by atoms with van der Waals surface area (Å²) in [6.45, 7) is 10.4. The molecule has 0 aliphatic heterocycles. The van der Waals surface area contributed by atoms with E-state index in [1.54, 1.807) is 0 Å². The second-order valence-electron chi connectivity index (χ2n) is 5.21. The second-order valence-corrected chi connectivity index (χ2v) is 5.21. The van der Waals surface area contributed by atoms with Crippen LogP contribution in [-0.4, -0.2) is 11.9 Å². The van der Waals surface area contributed by atoms with Gasteiger partial charge in [-0.25, -0.2) is 0 Å². The highest BCUT2D eigenvalue weighted by atomic mass is 16.1. The molecule has 0 spiro atoms. The average Bonchev–Trinajstić information content (AvgIpc) is 2.23. The number of hydrogen-bond acceptors (Lipinski definition) is 1. The highest BCUT2D eigenvalue weighted by Crippen LogP contribution is 2.11. The Morgan fingerprint density at radius 2 is 1.88 bits per heavy atom. The molecule has 0 saturated carbocycles. The monoisotopic (exact) mass is 233 g/mol. The Morgan fingerprint density at radius 3 is 2.47 bits per heavy atom. The molecule has 0 fully saturated rings. The maximum atomic E-state index is 11.9. The molecule has 1 N–H and O–H groups in total. The predicted molar refractivity (Wildman–Crippen MR) is 72.1 cm³/mol. The van der Waals surface area contributed by atoms with Gasteiger partial charge in [-0.3, -0.25) is 4.79 Å². The smallest absolute Gasteiger partial charge is 0.224 e. The zero-order valence-corrected chi connectivity index (χ0v) is 11.5. The van der Waals surface area contributed by atoms with Crippen LogP contribution < -0.4 is 5.32 Å². The van der Waals surface area contributed by atoms with E-state index in [-0.39, 0.29) is 11.9 Å². The van der Waals surface area contributed by atoms with Crippen molar-refractivity contribution in [3.8, 4) is 0 Å². The molecule has 1 rings (SSSR count). The van der Waals surface area contributed by atoms with Crippen LogP contribution in [0.3, 0.4) is 0 Å². The molecule has 2 nitrogen and oxygen atoms in total. The van der Waals surface area contributed by atoms with E-state index in [2.05, 4.69) is 44.3 Å². The first kappa shape index (κ1) is 13.8. The molecule has 1 aromatic carbocycles. The molecule has 1 amide bonds. The molecule has 0 heterocycles. The van der Waals surface area contributed by atoms with E-state index in [9.17, 15) is 4.79 Å². The summed E-state index contributed by atoms with van der Waals surface area (Å²) in [6, 6.07) is 6.47. The quantitative estimate of drug-likeness (QED) is 0.851. The maximum absolute atomic E-state index is 11.9. The molecule has 0 radical (unpaired) electrons. The minimum absolute atomic E-state index is 0.111. The van der Waals surface area contributed by atoms with Crippen LogP contribution in [0.1, 0.15) is 37.5 Å². The van der Waals surface area contributed by atoms with Gasteiger partial charge in [-0.2, -0.15) is 0 Å². The van der Waals surface area contributed by atoms with Crippen molar-refractivity contribution in [1.29, 1.82) is 0 Å². The largest absolute Gasteiger partial charge is 0.353 e. The Morgan fingerprint density at radius 1 is 1.24 bits per heavy atom. The van der Waals surface area contributed by atoms with E-state index < -0.39 is 0 Å². The van der Waals surface area contributed by atoms with Crippen LogP contribution >= 0.6 is 0 Å². The second kappa shape index (κ2) is 5.85. The van der Waals surface area contributed by atoms with Crippen LogP contribution in [0, 0.1) is 19.8 Å². The van der Waals surface area contributed by atoms with Gasteiger partial charge in [-0.05, 0) is 37.8 Å². The van der Waals surface area contributed by atoms with Gasteiger partial charge in [0.15, 0.2) is 0 Å². The fourth-order valence-electron chi connectivity index (χ4n) is 1.64. The minimum atomic E-state index is 0.111. The number of benzene rings is 1. The molecule has 0 unspecified atom stereocenters. The first-order valence-corrected chi connectivity index (χ1v) is 6.25. The van der Waals surface area contributed by atoms with Gasteiger partial charge in [0.25, 0.3) is 0 Å². The van der Waals surface area contributed by atoms with Crippen LogP contribution in [0.2, 0.25) is 0 Å². The number of carbonyl (C=O) groups excluding carboxylic acids is 1. The zero-order chi connectivity index (χ0) is 13.0. The number of amides is 1. The van der Waals surface area contributed by atoms with Crippen molar-refractivity contribution in [3.63, 3.8) is 0 Å². The van der Waals surface area contributed by atoms with Gasteiger partial charge in [-0.1, -0.05) is 37.6 Å². The molecular weight excluding hydrogens is 210 g/mol. The summed E-state index contributed by atoms with van der Waals surface area (Å²) in [6.07, 6.45) is 0.477. The van der Waals surface area contributed by atoms with Crippen molar-refractivity contribution < 1.29 is 4.79 Å². The van der Waals surface area contributed by atoms with Gasteiger partial charge in [0.05, 0.1) is 6.42 Å². The Kier molecular flexibility index (Phi) is 4.73. The Labute approximate surface area is 104 Å². The third-order valence-corrected chi connectivity index (χ3v) is 3.24. The van der Waals surface area contributed by atoms with Gasteiger partial charge < -0.3 is 5.32 Å². The van der Waals surface area contributed by atoms with Gasteiger partial charge in [0.2, 0.25) is 5.91 Å². The molecular formula is C15H23NO. The number of nitrogens with one attached hydrogen (secondary N) is 1. The average molecular weight is 233 g/mol. The minimum Gasteiger partial charge on any atom is -0.353 e. The van der Waals surface area contributed by atoms with E-state index in [4.69, 9.17) is 0 Å². The predicted octanol–water partition coefficient (Wildman–Crippen LogP) is 3.01. The molecule has 0 saturated heterocycles. The highest BCUT2D eigenvalue weighted by molar-refractivity contribution is 5.79. The summed E-state index contributed by atoms with van der Waals surface area (Å²) < 4.78 is 0. The lowest BCUT2D eigenvalue weighted by atomic mass is 10.0. The summed E-state index contributed by atoms with van der Waals surface area (Å²) in [7, 11) is 0. The van der Waals surface area contributed by atoms with Crippen molar-refractivity contribution in [2.45, 2.75) is 47.1 Å². The van der Waals surface area contributed by atoms with Gasteiger partial charge in [0, 0.05) is 6.04 Å². The summed E-state index contributed by atoms with van der Waals surface area (Å²) in [4.78, 5) is 11.9. The van der Waals surface area contributed by atoms with Crippen molar-refractivity contribution in [2.75, 3.05) is 0 Å². The summed E-state index contributed by atoms with van der Waals surface area (Å²) in [5, 5.41) is 3.04. The van der Waals surface area contributed by atoms with E-state index in [0.29, 0.717) is 12.3 Å². The fourth-order valence-corrected chi connectivity index (χ4v) is 1.64. The summed E-state index contributed by atoms with van der Waals surface area (Å²) >= 11 is 0. The number of aryl methyl sites for hydroxylation is 2. The lowest BCUT2D eigenvalue weighted by Crippen LogP contribution is -2.37. The van der Waals surface area contributed by atoms with Crippen molar-refractivity contribution >= 4 is 5.91 Å². The van der Waals surface area contributed by atoms with Gasteiger partial charge >= 0.3 is 0 Å². The Hall–Kier alpha value is -1.31. The number of rotatable bonds is 4. The van der Waals surface area contributed by atoms with E-state index >= 15 is 0 Å². The molecule has 1 aromatic rings. The molecule has 17 heavy (non-hydrogen) atoms. The fraction of sp³-hybridized carbons (Fsp3) is 0.533. The molecule has 1 atom stereocenters.